The number of hydrogen-bond donors (Lipinski definition) is 1. The molecule has 110 valence electrons. The highest BCUT2D eigenvalue weighted by atomic mass is 19.0. The van der Waals surface area contributed by atoms with Crippen molar-refractivity contribution in [3.05, 3.63) is 0 Å². The number of rotatable bonds is 10. The number of piperidine rings is 1. The molecule has 1 nitrogen and oxygen atoms in total. The minimum absolute atomic E-state index is 0. The van der Waals surface area contributed by atoms with Gasteiger partial charge >= 0.3 is 0 Å². The van der Waals surface area contributed by atoms with E-state index in [0.29, 0.717) is 0 Å². The maximum atomic E-state index is 2.29. The fourth-order valence-electron chi connectivity index (χ4n) is 2.99. The third kappa shape index (κ3) is 9.87. The van der Waals surface area contributed by atoms with E-state index in [0.717, 1.165) is 0 Å². The summed E-state index contributed by atoms with van der Waals surface area (Å²) in [7, 11) is 0. The molecule has 0 unspecified atom stereocenters. The van der Waals surface area contributed by atoms with Crippen molar-refractivity contribution in [2.45, 2.75) is 84.0 Å². The van der Waals surface area contributed by atoms with Crippen LogP contribution in [0.5, 0.6) is 0 Å². The van der Waals surface area contributed by atoms with Gasteiger partial charge in [-0.15, -0.1) is 0 Å². The SMILES string of the molecule is CCCCCCCCCCC[NH+]1CCCCC1.[F-]. The fourth-order valence-corrected chi connectivity index (χ4v) is 2.99. The van der Waals surface area contributed by atoms with Crippen LogP contribution in [0.3, 0.4) is 0 Å². The molecule has 0 aromatic heterocycles. The lowest BCUT2D eigenvalue weighted by Crippen LogP contribution is -3.12. The Morgan fingerprint density at radius 3 is 1.72 bits per heavy atom. The van der Waals surface area contributed by atoms with Crippen LogP contribution in [0.2, 0.25) is 0 Å². The van der Waals surface area contributed by atoms with Crippen LogP contribution < -0.4 is 9.60 Å². The molecule has 0 spiro atoms. The van der Waals surface area contributed by atoms with Gasteiger partial charge < -0.3 is 9.60 Å². The topological polar surface area (TPSA) is 4.44 Å². The van der Waals surface area contributed by atoms with Crippen LogP contribution in [0.4, 0.5) is 0 Å². The summed E-state index contributed by atoms with van der Waals surface area (Å²) in [5.74, 6) is 0. The number of halogens is 1. The molecule has 18 heavy (non-hydrogen) atoms. The number of hydrogen-bond acceptors (Lipinski definition) is 0. The average molecular weight is 259 g/mol. The van der Waals surface area contributed by atoms with Crippen LogP contribution >= 0.6 is 0 Å². The first-order valence-corrected chi connectivity index (χ1v) is 8.27. The lowest BCUT2D eigenvalue weighted by molar-refractivity contribution is -0.905. The van der Waals surface area contributed by atoms with Crippen molar-refractivity contribution in [3.63, 3.8) is 0 Å². The molecule has 1 aliphatic rings. The summed E-state index contributed by atoms with van der Waals surface area (Å²) >= 11 is 0. The molecule has 1 fully saturated rings. The molecule has 1 saturated heterocycles. The first kappa shape index (κ1) is 17.9. The summed E-state index contributed by atoms with van der Waals surface area (Å²) in [6.45, 7) is 6.66. The lowest BCUT2D eigenvalue weighted by atomic mass is 10.1. The molecule has 0 radical (unpaired) electrons. The van der Waals surface area contributed by atoms with Crippen molar-refractivity contribution >= 4 is 0 Å². The number of quaternary nitrogens is 1. The largest absolute Gasteiger partial charge is 1.00 e. The zero-order valence-electron chi connectivity index (χ0n) is 12.5. The molecule has 0 aromatic carbocycles. The maximum Gasteiger partial charge on any atom is 0.0770 e. The fraction of sp³-hybridized carbons (Fsp3) is 1.00. The summed E-state index contributed by atoms with van der Waals surface area (Å²) in [5, 5.41) is 0. The van der Waals surface area contributed by atoms with Gasteiger partial charge in [-0.2, -0.15) is 0 Å². The van der Waals surface area contributed by atoms with Gasteiger partial charge in [0, 0.05) is 0 Å². The summed E-state index contributed by atoms with van der Waals surface area (Å²) in [6.07, 6.45) is 17.6. The van der Waals surface area contributed by atoms with E-state index < -0.39 is 0 Å². The molecular formula is C16H34FN. The number of nitrogens with one attached hydrogen (secondary N) is 1. The minimum atomic E-state index is 0. The Morgan fingerprint density at radius 1 is 0.667 bits per heavy atom. The molecule has 1 heterocycles. The first-order chi connectivity index (χ1) is 8.43. The molecular weight excluding hydrogens is 225 g/mol. The van der Waals surface area contributed by atoms with E-state index in [9.17, 15) is 0 Å². The van der Waals surface area contributed by atoms with Crippen molar-refractivity contribution < 1.29 is 9.60 Å². The number of unbranched alkanes of at least 4 members (excludes halogenated alkanes) is 8. The zero-order chi connectivity index (χ0) is 12.2. The standard InChI is InChI=1S/C16H33N.FH/c1-2-3-4-5-6-7-8-9-11-14-17-15-12-10-13-16-17;/h2-16H2,1H3;1H. The van der Waals surface area contributed by atoms with Crippen molar-refractivity contribution in [2.75, 3.05) is 19.6 Å². The summed E-state index contributed by atoms with van der Waals surface area (Å²) < 4.78 is 0. The van der Waals surface area contributed by atoms with Gasteiger partial charge in [0.05, 0.1) is 19.6 Å². The van der Waals surface area contributed by atoms with Gasteiger partial charge in [0.15, 0.2) is 0 Å². The van der Waals surface area contributed by atoms with E-state index in [2.05, 4.69) is 6.92 Å². The highest BCUT2D eigenvalue weighted by molar-refractivity contribution is 4.49. The van der Waals surface area contributed by atoms with E-state index in [-0.39, 0.29) is 4.70 Å². The first-order valence-electron chi connectivity index (χ1n) is 8.27. The van der Waals surface area contributed by atoms with Crippen LogP contribution in [0.1, 0.15) is 84.0 Å². The Morgan fingerprint density at radius 2 is 1.17 bits per heavy atom. The van der Waals surface area contributed by atoms with Gasteiger partial charge in [0.25, 0.3) is 0 Å². The third-order valence-corrected chi connectivity index (χ3v) is 4.19. The van der Waals surface area contributed by atoms with Crippen molar-refractivity contribution in [1.82, 2.24) is 0 Å². The minimum Gasteiger partial charge on any atom is -1.00 e. The van der Waals surface area contributed by atoms with Gasteiger partial charge in [0.2, 0.25) is 0 Å². The normalized spacial score (nSPS) is 16.5. The van der Waals surface area contributed by atoms with E-state index in [1.165, 1.54) is 96.7 Å². The van der Waals surface area contributed by atoms with E-state index in [4.69, 9.17) is 0 Å². The molecule has 0 saturated carbocycles. The second-order valence-corrected chi connectivity index (χ2v) is 5.89. The molecule has 1 rings (SSSR count). The average Bonchev–Trinajstić information content (AvgIpc) is 2.38. The Kier molecular flexibility index (Phi) is 13.2. The second-order valence-electron chi connectivity index (χ2n) is 5.89. The van der Waals surface area contributed by atoms with Gasteiger partial charge in [0.1, 0.15) is 0 Å². The predicted octanol–water partition coefficient (Wildman–Crippen LogP) is 0.590. The van der Waals surface area contributed by atoms with Crippen molar-refractivity contribution in [1.29, 1.82) is 0 Å². The van der Waals surface area contributed by atoms with Gasteiger partial charge in [-0.1, -0.05) is 51.9 Å². The second kappa shape index (κ2) is 13.3. The molecule has 0 atom stereocenters. The quantitative estimate of drug-likeness (QED) is 0.548. The van der Waals surface area contributed by atoms with Crippen LogP contribution in [-0.2, 0) is 0 Å². The summed E-state index contributed by atoms with van der Waals surface area (Å²) in [5.41, 5.74) is 0. The van der Waals surface area contributed by atoms with Crippen molar-refractivity contribution in [3.8, 4) is 0 Å². The maximum absolute atomic E-state index is 2.29. The summed E-state index contributed by atoms with van der Waals surface area (Å²) in [4.78, 5) is 1.89. The highest BCUT2D eigenvalue weighted by Gasteiger charge is 2.11. The van der Waals surface area contributed by atoms with Crippen LogP contribution in [0, 0.1) is 0 Å². The Bertz CT molecular complexity index is 155. The van der Waals surface area contributed by atoms with E-state index in [1.807, 2.05) is 4.90 Å². The molecule has 1 N–H and O–H groups in total. The van der Waals surface area contributed by atoms with E-state index in [1.54, 1.807) is 0 Å². The Hall–Kier alpha value is -0.110. The molecule has 0 amide bonds. The lowest BCUT2D eigenvalue weighted by Gasteiger charge is -2.23. The predicted molar refractivity (Wildman–Crippen MR) is 76.6 cm³/mol. The summed E-state index contributed by atoms with van der Waals surface area (Å²) in [6, 6.07) is 0. The molecule has 0 aromatic rings. The van der Waals surface area contributed by atoms with Gasteiger partial charge in [-0.3, -0.25) is 0 Å². The van der Waals surface area contributed by atoms with Crippen LogP contribution in [0.15, 0.2) is 0 Å². The van der Waals surface area contributed by atoms with Crippen LogP contribution in [-0.4, -0.2) is 19.6 Å². The highest BCUT2D eigenvalue weighted by Crippen LogP contribution is 2.09. The Labute approximate surface area is 114 Å². The van der Waals surface area contributed by atoms with E-state index >= 15 is 0 Å². The zero-order valence-corrected chi connectivity index (χ0v) is 12.5. The number of likely N-dealkylation sites (tertiary alicyclic amines) is 1. The van der Waals surface area contributed by atoms with Crippen LogP contribution in [0.25, 0.3) is 0 Å². The molecule has 0 aliphatic carbocycles. The third-order valence-electron chi connectivity index (χ3n) is 4.19. The van der Waals surface area contributed by atoms with Gasteiger partial charge in [-0.05, 0) is 32.1 Å². The Balaban J connectivity index is 0.00000289. The van der Waals surface area contributed by atoms with Crippen molar-refractivity contribution in [2.24, 2.45) is 0 Å². The molecule has 2 heteroatoms. The molecule has 0 bridgehead atoms. The van der Waals surface area contributed by atoms with Gasteiger partial charge in [-0.25, -0.2) is 0 Å². The smallest absolute Gasteiger partial charge is 0.0770 e. The monoisotopic (exact) mass is 259 g/mol. The molecule has 1 aliphatic heterocycles.